The van der Waals surface area contributed by atoms with Crippen molar-refractivity contribution < 1.29 is 0 Å². The number of rotatable bonds is 5. The molecular formula is C17H26N2. The molecule has 1 aliphatic heterocycles. The van der Waals surface area contributed by atoms with Gasteiger partial charge in [-0.25, -0.2) is 0 Å². The fraction of sp³-hybridized carbons (Fsp3) is 0.647. The van der Waals surface area contributed by atoms with E-state index in [1.165, 1.54) is 51.7 Å². The van der Waals surface area contributed by atoms with E-state index in [0.29, 0.717) is 6.04 Å². The van der Waals surface area contributed by atoms with Gasteiger partial charge < -0.3 is 5.32 Å². The molecule has 19 heavy (non-hydrogen) atoms. The first-order chi connectivity index (χ1) is 9.38. The van der Waals surface area contributed by atoms with E-state index in [1.807, 2.05) is 0 Å². The van der Waals surface area contributed by atoms with Crippen molar-refractivity contribution in [2.24, 2.45) is 0 Å². The molecule has 0 aromatic heterocycles. The SMILES string of the molecule is CCCN(CC1CCCN1)C1CCc2ccccc21. The first-order valence-corrected chi connectivity index (χ1v) is 7.93. The molecule has 0 spiro atoms. The van der Waals surface area contributed by atoms with Crippen LogP contribution in [-0.4, -0.2) is 30.6 Å². The van der Waals surface area contributed by atoms with Crippen LogP contribution in [0.3, 0.4) is 0 Å². The topological polar surface area (TPSA) is 15.3 Å². The third-order valence-electron chi connectivity index (χ3n) is 4.67. The highest BCUT2D eigenvalue weighted by Gasteiger charge is 2.29. The van der Waals surface area contributed by atoms with E-state index < -0.39 is 0 Å². The minimum Gasteiger partial charge on any atom is -0.313 e. The van der Waals surface area contributed by atoms with Crippen molar-refractivity contribution in [1.82, 2.24) is 10.2 Å². The summed E-state index contributed by atoms with van der Waals surface area (Å²) >= 11 is 0. The Hall–Kier alpha value is -0.860. The second-order valence-corrected chi connectivity index (χ2v) is 6.04. The normalized spacial score (nSPS) is 26.0. The van der Waals surface area contributed by atoms with Crippen LogP contribution in [-0.2, 0) is 6.42 Å². The van der Waals surface area contributed by atoms with Crippen molar-refractivity contribution in [3.8, 4) is 0 Å². The predicted octanol–water partition coefficient (Wildman–Crippen LogP) is 3.14. The van der Waals surface area contributed by atoms with Crippen LogP contribution >= 0.6 is 0 Å². The molecule has 0 saturated carbocycles. The van der Waals surface area contributed by atoms with E-state index in [4.69, 9.17) is 0 Å². The third kappa shape index (κ3) is 2.85. The summed E-state index contributed by atoms with van der Waals surface area (Å²) in [4.78, 5) is 2.73. The molecule has 2 nitrogen and oxygen atoms in total. The van der Waals surface area contributed by atoms with Crippen molar-refractivity contribution in [1.29, 1.82) is 0 Å². The van der Waals surface area contributed by atoms with Crippen molar-refractivity contribution in [3.05, 3.63) is 35.4 Å². The van der Waals surface area contributed by atoms with Gasteiger partial charge in [0.2, 0.25) is 0 Å². The molecule has 2 aliphatic rings. The molecule has 1 heterocycles. The monoisotopic (exact) mass is 258 g/mol. The van der Waals surface area contributed by atoms with Gasteiger partial charge >= 0.3 is 0 Å². The number of nitrogens with zero attached hydrogens (tertiary/aromatic N) is 1. The minimum atomic E-state index is 0.665. The lowest BCUT2D eigenvalue weighted by atomic mass is 10.1. The Morgan fingerprint density at radius 2 is 2.16 bits per heavy atom. The summed E-state index contributed by atoms with van der Waals surface area (Å²) < 4.78 is 0. The molecular weight excluding hydrogens is 232 g/mol. The third-order valence-corrected chi connectivity index (χ3v) is 4.67. The van der Waals surface area contributed by atoms with Crippen LogP contribution in [0.4, 0.5) is 0 Å². The molecule has 1 aliphatic carbocycles. The van der Waals surface area contributed by atoms with Crippen LogP contribution in [0.5, 0.6) is 0 Å². The van der Waals surface area contributed by atoms with Crippen molar-refractivity contribution in [3.63, 3.8) is 0 Å². The fourth-order valence-corrected chi connectivity index (χ4v) is 3.77. The quantitative estimate of drug-likeness (QED) is 0.873. The van der Waals surface area contributed by atoms with Gasteiger partial charge in [0.15, 0.2) is 0 Å². The zero-order valence-electron chi connectivity index (χ0n) is 12.1. The lowest BCUT2D eigenvalue weighted by Gasteiger charge is -2.31. The van der Waals surface area contributed by atoms with Gasteiger partial charge in [0, 0.05) is 18.6 Å². The summed E-state index contributed by atoms with van der Waals surface area (Å²) in [5.41, 5.74) is 3.17. The molecule has 1 fully saturated rings. The van der Waals surface area contributed by atoms with Gasteiger partial charge in [-0.15, -0.1) is 0 Å². The maximum Gasteiger partial charge on any atom is 0.0354 e. The molecule has 0 amide bonds. The number of fused-ring (bicyclic) bond motifs is 1. The minimum absolute atomic E-state index is 0.665. The fourth-order valence-electron chi connectivity index (χ4n) is 3.77. The summed E-state index contributed by atoms with van der Waals surface area (Å²) in [5, 5.41) is 3.65. The molecule has 0 bridgehead atoms. The molecule has 1 saturated heterocycles. The number of benzene rings is 1. The average Bonchev–Trinajstić information content (AvgIpc) is 3.07. The molecule has 104 valence electrons. The van der Waals surface area contributed by atoms with Gasteiger partial charge in [-0.05, 0) is 56.3 Å². The van der Waals surface area contributed by atoms with Crippen LogP contribution in [0.2, 0.25) is 0 Å². The van der Waals surface area contributed by atoms with Gasteiger partial charge in [-0.1, -0.05) is 31.2 Å². The molecule has 1 aromatic carbocycles. The van der Waals surface area contributed by atoms with Crippen molar-refractivity contribution >= 4 is 0 Å². The standard InChI is InChI=1S/C17H26N2/c1-2-12-19(13-15-7-5-11-18-15)17-10-9-14-6-3-4-8-16(14)17/h3-4,6,8,15,17-18H,2,5,7,9-13H2,1H3. The van der Waals surface area contributed by atoms with Crippen molar-refractivity contribution in [2.75, 3.05) is 19.6 Å². The first-order valence-electron chi connectivity index (χ1n) is 7.93. The summed E-state index contributed by atoms with van der Waals surface area (Å²) in [6.45, 7) is 5.98. The Morgan fingerprint density at radius 1 is 1.26 bits per heavy atom. The van der Waals surface area contributed by atoms with Gasteiger partial charge in [0.1, 0.15) is 0 Å². The van der Waals surface area contributed by atoms with Crippen LogP contribution in [0.15, 0.2) is 24.3 Å². The number of hydrogen-bond acceptors (Lipinski definition) is 2. The van der Waals surface area contributed by atoms with Gasteiger partial charge in [0.25, 0.3) is 0 Å². The second kappa shape index (κ2) is 6.06. The Morgan fingerprint density at radius 3 is 2.95 bits per heavy atom. The van der Waals surface area contributed by atoms with Gasteiger partial charge in [-0.3, -0.25) is 4.90 Å². The van der Waals surface area contributed by atoms with Gasteiger partial charge in [0.05, 0.1) is 0 Å². The van der Waals surface area contributed by atoms with E-state index in [2.05, 4.69) is 41.4 Å². The van der Waals surface area contributed by atoms with Crippen LogP contribution < -0.4 is 5.32 Å². The maximum absolute atomic E-state index is 3.65. The maximum atomic E-state index is 3.65. The van der Waals surface area contributed by atoms with E-state index in [0.717, 1.165) is 6.04 Å². The summed E-state index contributed by atoms with van der Waals surface area (Å²) in [7, 11) is 0. The Balaban J connectivity index is 1.73. The zero-order chi connectivity index (χ0) is 13.1. The molecule has 1 N–H and O–H groups in total. The molecule has 2 atom stereocenters. The Kier molecular flexibility index (Phi) is 4.19. The summed E-state index contributed by atoms with van der Waals surface area (Å²) in [6.07, 6.45) is 6.54. The molecule has 2 unspecified atom stereocenters. The number of aryl methyl sites for hydroxylation is 1. The highest BCUT2D eigenvalue weighted by Crippen LogP contribution is 2.35. The number of hydrogen-bond donors (Lipinski definition) is 1. The predicted molar refractivity (Wildman–Crippen MR) is 80.4 cm³/mol. The molecule has 3 rings (SSSR count). The highest BCUT2D eigenvalue weighted by atomic mass is 15.2. The summed E-state index contributed by atoms with van der Waals surface area (Å²) in [6, 6.07) is 10.4. The van der Waals surface area contributed by atoms with Crippen molar-refractivity contribution in [2.45, 2.75) is 51.1 Å². The van der Waals surface area contributed by atoms with E-state index in [1.54, 1.807) is 11.1 Å². The van der Waals surface area contributed by atoms with E-state index >= 15 is 0 Å². The Bertz CT molecular complexity index is 409. The number of nitrogens with one attached hydrogen (secondary N) is 1. The smallest absolute Gasteiger partial charge is 0.0354 e. The first kappa shape index (κ1) is 13.1. The largest absolute Gasteiger partial charge is 0.313 e. The van der Waals surface area contributed by atoms with Gasteiger partial charge in [-0.2, -0.15) is 0 Å². The Labute approximate surface area is 117 Å². The average molecular weight is 258 g/mol. The van der Waals surface area contributed by atoms with Crippen LogP contribution in [0.25, 0.3) is 0 Å². The highest BCUT2D eigenvalue weighted by molar-refractivity contribution is 5.34. The van der Waals surface area contributed by atoms with Crippen LogP contribution in [0.1, 0.15) is 49.8 Å². The summed E-state index contributed by atoms with van der Waals surface area (Å²) in [5.74, 6) is 0. The second-order valence-electron chi connectivity index (χ2n) is 6.04. The molecule has 0 radical (unpaired) electrons. The van der Waals surface area contributed by atoms with E-state index in [-0.39, 0.29) is 0 Å². The van der Waals surface area contributed by atoms with Crippen LogP contribution in [0, 0.1) is 0 Å². The lowest BCUT2D eigenvalue weighted by Crippen LogP contribution is -2.39. The zero-order valence-corrected chi connectivity index (χ0v) is 12.1. The molecule has 1 aromatic rings. The molecule has 2 heteroatoms. The van der Waals surface area contributed by atoms with E-state index in [9.17, 15) is 0 Å². The lowest BCUT2D eigenvalue weighted by molar-refractivity contribution is 0.180.